The Hall–Kier alpha value is -1.85. The molecule has 2 aromatic rings. The van der Waals surface area contributed by atoms with Crippen LogP contribution >= 0.6 is 0 Å². The van der Waals surface area contributed by atoms with E-state index in [0.717, 1.165) is 11.9 Å². The predicted octanol–water partition coefficient (Wildman–Crippen LogP) is 4.43. The molecular formula is C22H30N2O3. The molecule has 2 N–H and O–H groups in total. The van der Waals surface area contributed by atoms with Crippen LogP contribution in [0.4, 0.5) is 0 Å². The van der Waals surface area contributed by atoms with E-state index in [0.29, 0.717) is 30.1 Å². The van der Waals surface area contributed by atoms with E-state index in [2.05, 4.69) is 10.8 Å². The number of furan rings is 1. The fraction of sp³-hybridized carbons (Fsp3) is 0.591. The van der Waals surface area contributed by atoms with Crippen LogP contribution in [0.5, 0.6) is 0 Å². The summed E-state index contributed by atoms with van der Waals surface area (Å²) in [7, 11) is 0. The predicted molar refractivity (Wildman–Crippen MR) is 105 cm³/mol. The molecule has 2 saturated carbocycles. The molecule has 0 radical (unpaired) electrons. The van der Waals surface area contributed by atoms with Gasteiger partial charge in [0.05, 0.1) is 6.61 Å². The van der Waals surface area contributed by atoms with Crippen molar-refractivity contribution in [2.75, 3.05) is 13.2 Å². The molecule has 5 nitrogen and oxygen atoms in total. The topological polar surface area (TPSA) is 63.5 Å². The van der Waals surface area contributed by atoms with E-state index < -0.39 is 0 Å². The van der Waals surface area contributed by atoms with Crippen molar-refractivity contribution in [3.05, 3.63) is 36.1 Å². The smallest absolute Gasteiger partial charge is 0.310 e. The quantitative estimate of drug-likeness (QED) is 0.708. The van der Waals surface area contributed by atoms with Crippen molar-refractivity contribution in [2.45, 2.75) is 57.4 Å². The number of benzene rings is 1. The number of rotatable bonds is 7. The van der Waals surface area contributed by atoms with E-state index in [1.807, 2.05) is 24.3 Å². The molecule has 2 aliphatic rings. The number of amides is 1. The third-order valence-corrected chi connectivity index (χ3v) is 6.20. The van der Waals surface area contributed by atoms with Gasteiger partial charge in [-0.25, -0.2) is 5.48 Å². The van der Waals surface area contributed by atoms with Gasteiger partial charge in [0.2, 0.25) is 0 Å². The number of nitrogens with one attached hydrogen (secondary N) is 2. The van der Waals surface area contributed by atoms with Crippen LogP contribution in [0.2, 0.25) is 0 Å². The van der Waals surface area contributed by atoms with Crippen molar-refractivity contribution in [1.29, 1.82) is 0 Å². The van der Waals surface area contributed by atoms with Gasteiger partial charge in [0.1, 0.15) is 5.58 Å². The molecule has 1 aromatic carbocycles. The van der Waals surface area contributed by atoms with E-state index in [-0.39, 0.29) is 11.7 Å². The van der Waals surface area contributed by atoms with Crippen molar-refractivity contribution in [2.24, 2.45) is 11.8 Å². The van der Waals surface area contributed by atoms with E-state index in [4.69, 9.17) is 9.25 Å². The first kappa shape index (κ1) is 18.5. The minimum Gasteiger partial charge on any atom is -0.451 e. The van der Waals surface area contributed by atoms with Crippen LogP contribution in [0, 0.1) is 11.8 Å². The Labute approximate surface area is 160 Å². The monoisotopic (exact) mass is 370 g/mol. The Morgan fingerprint density at radius 2 is 1.85 bits per heavy atom. The van der Waals surface area contributed by atoms with E-state index in [9.17, 15) is 4.79 Å². The summed E-state index contributed by atoms with van der Waals surface area (Å²) in [6.45, 7) is 1.65. The summed E-state index contributed by atoms with van der Waals surface area (Å²) >= 11 is 0. The molecule has 146 valence electrons. The number of fused-ring (bicyclic) bond motifs is 1. The zero-order chi connectivity index (χ0) is 18.5. The molecular weight excluding hydrogens is 340 g/mol. The number of hydroxylamine groups is 1. The van der Waals surface area contributed by atoms with Crippen LogP contribution < -0.4 is 10.8 Å². The van der Waals surface area contributed by atoms with Gasteiger partial charge in [-0.3, -0.25) is 9.63 Å². The summed E-state index contributed by atoms with van der Waals surface area (Å²) in [5.41, 5.74) is 3.27. The Morgan fingerprint density at radius 3 is 2.70 bits per heavy atom. The summed E-state index contributed by atoms with van der Waals surface area (Å²) in [4.78, 5) is 17.8. The van der Waals surface area contributed by atoms with Gasteiger partial charge in [-0.1, -0.05) is 43.9 Å². The van der Waals surface area contributed by atoms with E-state index in [1.165, 1.54) is 51.4 Å². The van der Waals surface area contributed by atoms with Crippen LogP contribution in [-0.4, -0.2) is 25.1 Å². The standard InChI is InChI=1S/C22H30N2O3/c25-22(21-13-16-7-4-5-12-20(16)27-21)24-26-15-18-9-6-8-17(18)14-23-19-10-2-1-3-11-19/h4-5,7,12-13,17-19,23H,1-3,6,8-11,14-15H2,(H,24,25). The number of carbonyl (C=O) groups excluding carboxylic acids is 1. The van der Waals surface area contributed by atoms with Crippen LogP contribution in [-0.2, 0) is 4.84 Å². The first-order chi connectivity index (χ1) is 13.3. The zero-order valence-electron chi connectivity index (χ0n) is 15.9. The average Bonchev–Trinajstić information content (AvgIpc) is 3.34. The highest BCUT2D eigenvalue weighted by Gasteiger charge is 2.28. The summed E-state index contributed by atoms with van der Waals surface area (Å²) in [5, 5.41) is 4.70. The molecule has 0 spiro atoms. The molecule has 0 bridgehead atoms. The summed E-state index contributed by atoms with van der Waals surface area (Å²) in [5.74, 6) is 1.13. The Kier molecular flexibility index (Phi) is 6.10. The third kappa shape index (κ3) is 4.71. The van der Waals surface area contributed by atoms with Gasteiger partial charge in [-0.05, 0) is 56.2 Å². The highest BCUT2D eigenvalue weighted by atomic mass is 16.7. The minimum atomic E-state index is -0.318. The number of carbonyl (C=O) groups is 1. The molecule has 1 amide bonds. The molecule has 27 heavy (non-hydrogen) atoms. The second-order valence-electron chi connectivity index (χ2n) is 8.08. The lowest BCUT2D eigenvalue weighted by Crippen LogP contribution is -2.37. The fourth-order valence-corrected chi connectivity index (χ4v) is 4.58. The zero-order valence-corrected chi connectivity index (χ0v) is 15.9. The fourth-order valence-electron chi connectivity index (χ4n) is 4.58. The third-order valence-electron chi connectivity index (χ3n) is 6.20. The molecule has 1 heterocycles. The van der Waals surface area contributed by atoms with Gasteiger partial charge in [-0.2, -0.15) is 0 Å². The molecule has 2 unspecified atom stereocenters. The highest BCUT2D eigenvalue weighted by Crippen LogP contribution is 2.32. The number of hydrogen-bond donors (Lipinski definition) is 2. The SMILES string of the molecule is O=C(NOCC1CCCC1CNC1CCCCC1)c1cc2ccccc2o1. The van der Waals surface area contributed by atoms with Crippen LogP contribution in [0.1, 0.15) is 61.9 Å². The van der Waals surface area contributed by atoms with Crippen molar-refractivity contribution in [1.82, 2.24) is 10.8 Å². The van der Waals surface area contributed by atoms with Crippen LogP contribution in [0.25, 0.3) is 11.0 Å². The Bertz CT molecular complexity index is 718. The normalized spacial score (nSPS) is 23.7. The van der Waals surface area contributed by atoms with E-state index >= 15 is 0 Å². The first-order valence-corrected chi connectivity index (χ1v) is 10.4. The summed E-state index contributed by atoms with van der Waals surface area (Å²) < 4.78 is 5.58. The van der Waals surface area contributed by atoms with Gasteiger partial charge in [0, 0.05) is 11.4 Å². The molecule has 0 aliphatic heterocycles. The molecule has 1 aromatic heterocycles. The number of para-hydroxylation sites is 1. The van der Waals surface area contributed by atoms with Crippen LogP contribution in [0.15, 0.2) is 34.7 Å². The lowest BCUT2D eigenvalue weighted by molar-refractivity contribution is 0.00860. The molecule has 4 rings (SSSR count). The summed E-state index contributed by atoms with van der Waals surface area (Å²) in [6.07, 6.45) is 10.4. The van der Waals surface area contributed by atoms with Gasteiger partial charge < -0.3 is 9.73 Å². The number of hydrogen-bond acceptors (Lipinski definition) is 4. The Balaban J connectivity index is 1.22. The lowest BCUT2D eigenvalue weighted by atomic mass is 9.93. The van der Waals surface area contributed by atoms with Gasteiger partial charge in [0.15, 0.2) is 5.76 Å². The summed E-state index contributed by atoms with van der Waals surface area (Å²) in [6, 6.07) is 10.1. The maximum absolute atomic E-state index is 12.3. The van der Waals surface area contributed by atoms with Crippen molar-refractivity contribution >= 4 is 16.9 Å². The largest absolute Gasteiger partial charge is 0.451 e. The van der Waals surface area contributed by atoms with Gasteiger partial charge in [-0.15, -0.1) is 0 Å². The van der Waals surface area contributed by atoms with Gasteiger partial charge in [0.25, 0.3) is 0 Å². The van der Waals surface area contributed by atoms with Crippen molar-refractivity contribution < 1.29 is 14.0 Å². The van der Waals surface area contributed by atoms with Crippen molar-refractivity contribution in [3.8, 4) is 0 Å². The second-order valence-corrected chi connectivity index (χ2v) is 8.08. The van der Waals surface area contributed by atoms with Gasteiger partial charge >= 0.3 is 5.91 Å². The minimum absolute atomic E-state index is 0.290. The Morgan fingerprint density at radius 1 is 1.04 bits per heavy atom. The van der Waals surface area contributed by atoms with E-state index in [1.54, 1.807) is 6.07 Å². The lowest BCUT2D eigenvalue weighted by Gasteiger charge is -2.26. The van der Waals surface area contributed by atoms with Crippen molar-refractivity contribution in [3.63, 3.8) is 0 Å². The second kappa shape index (κ2) is 8.89. The molecule has 2 fully saturated rings. The molecule has 2 aliphatic carbocycles. The maximum atomic E-state index is 12.3. The average molecular weight is 370 g/mol. The highest BCUT2D eigenvalue weighted by molar-refractivity contribution is 5.95. The molecule has 0 saturated heterocycles. The first-order valence-electron chi connectivity index (χ1n) is 10.4. The molecule has 5 heteroatoms. The molecule has 2 atom stereocenters. The van der Waals surface area contributed by atoms with Crippen LogP contribution in [0.3, 0.4) is 0 Å². The maximum Gasteiger partial charge on any atom is 0.310 e.